The second-order valence-electron chi connectivity index (χ2n) is 6.86. The lowest BCUT2D eigenvalue weighted by molar-refractivity contribution is -0.111. The zero-order valence-corrected chi connectivity index (χ0v) is 17.9. The summed E-state index contributed by atoms with van der Waals surface area (Å²) in [5.41, 5.74) is 1.26. The molecule has 0 radical (unpaired) electrons. The van der Waals surface area contributed by atoms with Gasteiger partial charge in [0, 0.05) is 32.4 Å². The molecular formula is C21H27N3O4S. The van der Waals surface area contributed by atoms with Crippen LogP contribution in [0.15, 0.2) is 59.5 Å². The number of hydrogen-bond donors (Lipinski definition) is 1. The Labute approximate surface area is 172 Å². The molecule has 2 aromatic carbocycles. The van der Waals surface area contributed by atoms with Crippen molar-refractivity contribution in [2.24, 2.45) is 0 Å². The molecule has 0 aliphatic heterocycles. The van der Waals surface area contributed by atoms with Gasteiger partial charge in [0.05, 0.1) is 4.90 Å². The minimum atomic E-state index is -3.56. The van der Waals surface area contributed by atoms with Crippen LogP contribution in [0.4, 0.5) is 5.69 Å². The van der Waals surface area contributed by atoms with Crippen LogP contribution in [-0.4, -0.2) is 64.9 Å². The van der Waals surface area contributed by atoms with Crippen LogP contribution in [-0.2, 0) is 14.8 Å². The smallest absolute Gasteiger partial charge is 0.248 e. The van der Waals surface area contributed by atoms with Crippen molar-refractivity contribution in [3.05, 3.63) is 60.2 Å². The van der Waals surface area contributed by atoms with E-state index in [1.54, 1.807) is 18.2 Å². The minimum absolute atomic E-state index is 0.120. The summed E-state index contributed by atoms with van der Waals surface area (Å²) in [6.45, 7) is 1.44. The summed E-state index contributed by atoms with van der Waals surface area (Å²) in [5.74, 6) is 0.420. The maximum atomic E-state index is 12.2. The molecule has 0 aromatic heterocycles. The van der Waals surface area contributed by atoms with Crippen molar-refractivity contribution < 1.29 is 17.9 Å². The summed E-state index contributed by atoms with van der Waals surface area (Å²) in [6, 6.07) is 13.6. The molecule has 8 heteroatoms. The number of ether oxygens (including phenoxy) is 1. The van der Waals surface area contributed by atoms with Gasteiger partial charge in [0.25, 0.3) is 0 Å². The molecule has 1 amide bonds. The van der Waals surface area contributed by atoms with Gasteiger partial charge in [0.1, 0.15) is 12.4 Å². The van der Waals surface area contributed by atoms with E-state index in [-0.39, 0.29) is 10.8 Å². The normalized spacial score (nSPS) is 11.9. The van der Waals surface area contributed by atoms with Crippen molar-refractivity contribution in [2.45, 2.75) is 4.90 Å². The molecule has 0 fully saturated rings. The fourth-order valence-corrected chi connectivity index (χ4v) is 3.27. The maximum Gasteiger partial charge on any atom is 0.248 e. The maximum absolute atomic E-state index is 12.2. The fraction of sp³-hybridized carbons (Fsp3) is 0.286. The van der Waals surface area contributed by atoms with Gasteiger partial charge in [-0.3, -0.25) is 4.79 Å². The van der Waals surface area contributed by atoms with E-state index in [2.05, 4.69) is 5.32 Å². The SMILES string of the molecule is CN(C)CCOc1ccc(/C=C/C(=O)Nc2cccc(S(=O)(=O)N(C)C)c2)cc1. The standard InChI is InChI=1S/C21H27N3O4S/c1-23(2)14-15-28-19-11-8-17(9-12-19)10-13-21(25)22-18-6-5-7-20(16-18)29(26,27)24(3)4/h5-13,16H,14-15H2,1-4H3,(H,22,25)/b13-10+. The third-order valence-electron chi connectivity index (χ3n) is 3.99. The lowest BCUT2D eigenvalue weighted by atomic mass is 10.2. The number of amides is 1. The van der Waals surface area contributed by atoms with Crippen molar-refractivity contribution in [1.29, 1.82) is 0 Å². The van der Waals surface area contributed by atoms with Gasteiger partial charge in [-0.05, 0) is 56.1 Å². The van der Waals surface area contributed by atoms with Gasteiger partial charge in [-0.25, -0.2) is 12.7 Å². The molecule has 156 valence electrons. The molecule has 1 N–H and O–H groups in total. The van der Waals surface area contributed by atoms with Gasteiger partial charge in [0.15, 0.2) is 0 Å². The van der Waals surface area contributed by atoms with Gasteiger partial charge >= 0.3 is 0 Å². The Bertz CT molecular complexity index is 952. The highest BCUT2D eigenvalue weighted by Gasteiger charge is 2.17. The predicted molar refractivity (Wildman–Crippen MR) is 115 cm³/mol. The first kappa shape index (κ1) is 22.6. The van der Waals surface area contributed by atoms with Crippen molar-refractivity contribution in [3.8, 4) is 5.75 Å². The van der Waals surface area contributed by atoms with Gasteiger partial charge in [-0.15, -0.1) is 0 Å². The van der Waals surface area contributed by atoms with E-state index in [1.807, 2.05) is 43.3 Å². The van der Waals surface area contributed by atoms with Crippen molar-refractivity contribution >= 4 is 27.7 Å². The number of nitrogens with zero attached hydrogens (tertiary/aromatic N) is 2. The third-order valence-corrected chi connectivity index (χ3v) is 5.81. The molecule has 0 bridgehead atoms. The summed E-state index contributed by atoms with van der Waals surface area (Å²) in [5, 5.41) is 2.68. The molecule has 0 saturated heterocycles. The average Bonchev–Trinajstić information content (AvgIpc) is 2.67. The van der Waals surface area contributed by atoms with E-state index in [9.17, 15) is 13.2 Å². The number of likely N-dealkylation sites (N-methyl/N-ethyl adjacent to an activating group) is 1. The highest BCUT2D eigenvalue weighted by molar-refractivity contribution is 7.89. The summed E-state index contributed by atoms with van der Waals surface area (Å²) in [4.78, 5) is 14.3. The number of nitrogens with one attached hydrogen (secondary N) is 1. The van der Waals surface area contributed by atoms with Gasteiger partial charge in [0.2, 0.25) is 15.9 Å². The van der Waals surface area contributed by atoms with E-state index < -0.39 is 10.0 Å². The molecular weight excluding hydrogens is 390 g/mol. The monoisotopic (exact) mass is 417 g/mol. The van der Waals surface area contributed by atoms with E-state index >= 15 is 0 Å². The third kappa shape index (κ3) is 7.01. The number of hydrogen-bond acceptors (Lipinski definition) is 5. The molecule has 0 atom stereocenters. The summed E-state index contributed by atoms with van der Waals surface area (Å²) >= 11 is 0. The zero-order chi connectivity index (χ0) is 21.4. The number of carbonyl (C=O) groups excluding carboxylic acids is 1. The zero-order valence-electron chi connectivity index (χ0n) is 17.1. The first-order valence-corrected chi connectivity index (χ1v) is 10.5. The first-order chi connectivity index (χ1) is 13.7. The van der Waals surface area contributed by atoms with E-state index in [0.717, 1.165) is 22.2 Å². The Morgan fingerprint density at radius 1 is 1.07 bits per heavy atom. The Morgan fingerprint density at radius 3 is 2.38 bits per heavy atom. The number of carbonyl (C=O) groups is 1. The van der Waals surface area contributed by atoms with Crippen LogP contribution >= 0.6 is 0 Å². The summed E-state index contributed by atoms with van der Waals surface area (Å²) in [6.07, 6.45) is 3.08. The van der Waals surface area contributed by atoms with E-state index in [4.69, 9.17) is 4.74 Å². The van der Waals surface area contributed by atoms with Gasteiger partial charge in [-0.2, -0.15) is 0 Å². The molecule has 29 heavy (non-hydrogen) atoms. The topological polar surface area (TPSA) is 79.0 Å². The second kappa shape index (κ2) is 10.2. The Hall–Kier alpha value is -2.68. The van der Waals surface area contributed by atoms with Crippen LogP contribution in [0.1, 0.15) is 5.56 Å². The highest BCUT2D eigenvalue weighted by atomic mass is 32.2. The molecule has 2 aromatic rings. The predicted octanol–water partition coefficient (Wildman–Crippen LogP) is 2.53. The van der Waals surface area contributed by atoms with Crippen LogP contribution in [0, 0.1) is 0 Å². The van der Waals surface area contributed by atoms with Crippen LogP contribution in [0.5, 0.6) is 5.75 Å². The minimum Gasteiger partial charge on any atom is -0.492 e. The molecule has 7 nitrogen and oxygen atoms in total. The largest absolute Gasteiger partial charge is 0.492 e. The van der Waals surface area contributed by atoms with E-state index in [1.165, 1.54) is 32.3 Å². The Kier molecular flexibility index (Phi) is 7.95. The molecule has 0 unspecified atom stereocenters. The lowest BCUT2D eigenvalue weighted by Crippen LogP contribution is -2.22. The quantitative estimate of drug-likeness (QED) is 0.635. The average molecular weight is 418 g/mol. The number of anilines is 1. The van der Waals surface area contributed by atoms with Crippen molar-refractivity contribution in [1.82, 2.24) is 9.21 Å². The molecule has 0 heterocycles. The first-order valence-electron chi connectivity index (χ1n) is 9.08. The van der Waals surface area contributed by atoms with Crippen molar-refractivity contribution in [2.75, 3.05) is 46.7 Å². The van der Waals surface area contributed by atoms with Crippen molar-refractivity contribution in [3.63, 3.8) is 0 Å². The molecule has 0 saturated carbocycles. The molecule has 2 rings (SSSR count). The summed E-state index contributed by atoms with van der Waals surface area (Å²) < 4.78 is 31.1. The number of benzene rings is 2. The number of sulfonamides is 1. The Balaban J connectivity index is 1.96. The van der Waals surface area contributed by atoms with E-state index in [0.29, 0.717) is 12.3 Å². The molecule has 0 aliphatic rings. The molecule has 0 aliphatic carbocycles. The lowest BCUT2D eigenvalue weighted by Gasteiger charge is -2.12. The van der Waals surface area contributed by atoms with Crippen LogP contribution in [0.3, 0.4) is 0 Å². The van der Waals surface area contributed by atoms with Gasteiger partial charge in [-0.1, -0.05) is 18.2 Å². The van der Waals surface area contributed by atoms with Crippen LogP contribution in [0.25, 0.3) is 6.08 Å². The molecule has 0 spiro atoms. The highest BCUT2D eigenvalue weighted by Crippen LogP contribution is 2.18. The summed E-state index contributed by atoms with van der Waals surface area (Å²) in [7, 11) is 3.34. The fourth-order valence-electron chi connectivity index (χ4n) is 2.32. The Morgan fingerprint density at radius 2 is 1.76 bits per heavy atom. The van der Waals surface area contributed by atoms with Crippen LogP contribution in [0.2, 0.25) is 0 Å². The van der Waals surface area contributed by atoms with Gasteiger partial charge < -0.3 is 15.0 Å². The number of rotatable bonds is 9. The second-order valence-corrected chi connectivity index (χ2v) is 9.01. The van der Waals surface area contributed by atoms with Crippen LogP contribution < -0.4 is 10.1 Å².